The Balaban J connectivity index is 1.16. The van der Waals surface area contributed by atoms with Gasteiger partial charge in [0.05, 0.1) is 37.6 Å². The summed E-state index contributed by atoms with van der Waals surface area (Å²) in [6, 6.07) is 15.1. The number of carbonyl (C=O) groups is 1. The molecule has 11 heteroatoms. The number of ether oxygens (including phenoxy) is 1. The number of aryl methyl sites for hydroxylation is 1. The molecule has 5 rings (SSSR count). The molecule has 3 aromatic heterocycles. The quantitative estimate of drug-likeness (QED) is 0.380. The van der Waals surface area contributed by atoms with Crippen molar-refractivity contribution in [3.8, 4) is 5.69 Å². The highest BCUT2D eigenvalue weighted by Gasteiger charge is 2.31. The van der Waals surface area contributed by atoms with Gasteiger partial charge in [-0.05, 0) is 36.6 Å². The van der Waals surface area contributed by atoms with Crippen LogP contribution in [0.15, 0.2) is 58.1 Å². The zero-order chi connectivity index (χ0) is 23.7. The van der Waals surface area contributed by atoms with Gasteiger partial charge in [0.1, 0.15) is 27.1 Å². The van der Waals surface area contributed by atoms with E-state index in [1.54, 1.807) is 21.8 Å². The van der Waals surface area contributed by atoms with E-state index in [-0.39, 0.29) is 5.97 Å². The number of piperazine rings is 1. The van der Waals surface area contributed by atoms with E-state index in [2.05, 4.69) is 5.10 Å². The molecule has 0 spiro atoms. The lowest BCUT2D eigenvalue weighted by Gasteiger charge is -2.31. The number of quaternary nitrogens is 1. The molecule has 0 amide bonds. The fourth-order valence-electron chi connectivity index (χ4n) is 4.08. The van der Waals surface area contributed by atoms with Crippen LogP contribution in [0.25, 0.3) is 15.9 Å². The molecule has 1 fully saturated rings. The van der Waals surface area contributed by atoms with Crippen molar-refractivity contribution in [3.63, 3.8) is 0 Å². The first kappa shape index (κ1) is 23.2. The highest BCUT2D eigenvalue weighted by atomic mass is 32.2. The maximum Gasteiger partial charge on any atom is 0.348 e. The fraction of sp³-hybridized carbons (Fsp3) is 0.304. The number of carbonyl (C=O) groups excluding carboxylic acids is 1. The Morgan fingerprint density at radius 3 is 2.62 bits per heavy atom. The molecule has 0 atom stereocenters. The van der Waals surface area contributed by atoms with Gasteiger partial charge in [0.15, 0.2) is 0 Å². The minimum Gasteiger partial charge on any atom is -0.456 e. The number of esters is 1. The lowest BCUT2D eigenvalue weighted by Crippen LogP contribution is -3.15. The maximum absolute atomic E-state index is 12.7. The van der Waals surface area contributed by atoms with Crippen molar-refractivity contribution >= 4 is 48.9 Å². The molecule has 8 nitrogen and oxygen atoms in total. The van der Waals surface area contributed by atoms with Gasteiger partial charge in [0.2, 0.25) is 0 Å². The first-order chi connectivity index (χ1) is 16.4. The highest BCUT2D eigenvalue weighted by molar-refractivity contribution is 7.91. The molecule has 0 bridgehead atoms. The average molecular weight is 518 g/mol. The summed E-state index contributed by atoms with van der Waals surface area (Å²) in [5.74, 6) is -0.335. The van der Waals surface area contributed by atoms with Gasteiger partial charge in [-0.2, -0.15) is 9.40 Å². The summed E-state index contributed by atoms with van der Waals surface area (Å²) in [5.41, 5.74) is 1.82. The van der Waals surface area contributed by atoms with E-state index in [1.807, 2.05) is 48.0 Å². The van der Waals surface area contributed by atoms with Crippen molar-refractivity contribution in [1.29, 1.82) is 0 Å². The Bertz CT molecular complexity index is 1390. The van der Waals surface area contributed by atoms with Gasteiger partial charge in [-0.3, -0.25) is 0 Å². The van der Waals surface area contributed by atoms with Crippen molar-refractivity contribution in [2.24, 2.45) is 0 Å². The van der Waals surface area contributed by atoms with Gasteiger partial charge in [-0.15, -0.1) is 22.7 Å². The van der Waals surface area contributed by atoms with Gasteiger partial charge >= 0.3 is 5.97 Å². The lowest BCUT2D eigenvalue weighted by atomic mass is 10.3. The smallest absolute Gasteiger partial charge is 0.348 e. The normalized spacial score (nSPS) is 15.7. The Morgan fingerprint density at radius 2 is 1.91 bits per heavy atom. The number of nitrogens with zero attached hydrogens (tertiary/aromatic N) is 3. The van der Waals surface area contributed by atoms with Crippen LogP contribution in [-0.2, 0) is 14.8 Å². The third-order valence-corrected chi connectivity index (χ3v) is 10.3. The first-order valence-electron chi connectivity index (χ1n) is 11.0. The number of fused-ring (bicyclic) bond motifs is 1. The summed E-state index contributed by atoms with van der Waals surface area (Å²) in [5, 5.41) is 7.34. The second-order valence-electron chi connectivity index (χ2n) is 8.13. The molecule has 0 aliphatic carbocycles. The number of thiophene rings is 2. The van der Waals surface area contributed by atoms with Crippen LogP contribution in [0.1, 0.15) is 15.4 Å². The largest absolute Gasteiger partial charge is 0.456 e. The molecule has 4 aromatic rings. The Labute approximate surface area is 206 Å². The topological polar surface area (TPSA) is 85.9 Å². The van der Waals surface area contributed by atoms with Crippen LogP contribution in [0, 0.1) is 6.92 Å². The Hall–Kier alpha value is -2.57. The number of sulfonamides is 1. The number of nitrogens with one attached hydrogen (secondary N) is 1. The second-order valence-corrected chi connectivity index (χ2v) is 12.3. The summed E-state index contributed by atoms with van der Waals surface area (Å²) in [6.45, 7) is 5.20. The minimum atomic E-state index is -3.40. The Morgan fingerprint density at radius 1 is 1.15 bits per heavy atom. The zero-order valence-electron chi connectivity index (χ0n) is 18.6. The zero-order valence-corrected chi connectivity index (χ0v) is 21.1. The lowest BCUT2D eigenvalue weighted by molar-refractivity contribution is -0.903. The molecule has 0 unspecified atom stereocenters. The number of aromatic nitrogens is 2. The summed E-state index contributed by atoms with van der Waals surface area (Å²) in [6.07, 6.45) is 0. The summed E-state index contributed by atoms with van der Waals surface area (Å²) >= 11 is 2.63. The van der Waals surface area contributed by atoms with Crippen LogP contribution in [0.3, 0.4) is 0 Å². The number of hydrogen-bond donors (Lipinski definition) is 1. The van der Waals surface area contributed by atoms with Crippen LogP contribution in [-0.4, -0.2) is 67.8 Å². The van der Waals surface area contributed by atoms with Crippen LogP contribution >= 0.6 is 22.7 Å². The van der Waals surface area contributed by atoms with E-state index in [0.717, 1.165) is 21.6 Å². The second kappa shape index (κ2) is 9.59. The molecule has 178 valence electrons. The van der Waals surface area contributed by atoms with E-state index in [0.29, 0.717) is 48.4 Å². The third kappa shape index (κ3) is 4.53. The summed E-state index contributed by atoms with van der Waals surface area (Å²) in [7, 11) is -3.40. The van der Waals surface area contributed by atoms with Gasteiger partial charge in [-0.25, -0.2) is 17.9 Å². The number of rotatable bonds is 7. The van der Waals surface area contributed by atoms with E-state index in [9.17, 15) is 13.2 Å². The molecule has 4 heterocycles. The monoisotopic (exact) mass is 517 g/mol. The van der Waals surface area contributed by atoms with Crippen molar-refractivity contribution < 1.29 is 22.8 Å². The van der Waals surface area contributed by atoms with Crippen LogP contribution in [0.2, 0.25) is 0 Å². The van der Waals surface area contributed by atoms with Crippen LogP contribution in [0.4, 0.5) is 0 Å². The first-order valence-corrected chi connectivity index (χ1v) is 14.2. The average Bonchev–Trinajstić information content (AvgIpc) is 3.59. The maximum atomic E-state index is 12.7. The molecule has 1 aliphatic rings. The molecule has 1 aromatic carbocycles. The van der Waals surface area contributed by atoms with Crippen LogP contribution in [0.5, 0.6) is 0 Å². The Kier molecular flexibility index (Phi) is 6.54. The molecular formula is C23H25N4O4S3+. The third-order valence-electron chi connectivity index (χ3n) is 5.95. The van der Waals surface area contributed by atoms with Crippen LogP contribution < -0.4 is 4.90 Å². The molecule has 0 saturated carbocycles. The number of benzene rings is 1. The predicted molar refractivity (Wildman–Crippen MR) is 133 cm³/mol. The number of para-hydroxylation sites is 1. The molecule has 34 heavy (non-hydrogen) atoms. The SMILES string of the molecule is Cc1nn(-c2ccccc2)c2sc(C(=O)OCC[NH+]3CCN(S(=O)(=O)c4cccs4)CC3)cc12. The van der Waals surface area contributed by atoms with Gasteiger partial charge in [0, 0.05) is 5.39 Å². The molecule has 1 N–H and O–H groups in total. The summed E-state index contributed by atoms with van der Waals surface area (Å²) in [4.78, 5) is 15.4. The summed E-state index contributed by atoms with van der Waals surface area (Å²) < 4.78 is 34.7. The molecule has 1 saturated heterocycles. The van der Waals surface area contributed by atoms with Crippen molar-refractivity contribution in [1.82, 2.24) is 14.1 Å². The molecule has 0 radical (unpaired) electrons. The fourth-order valence-corrected chi connectivity index (χ4v) is 7.74. The van der Waals surface area contributed by atoms with E-state index in [4.69, 9.17) is 4.74 Å². The highest BCUT2D eigenvalue weighted by Crippen LogP contribution is 2.30. The van der Waals surface area contributed by atoms with E-state index < -0.39 is 10.0 Å². The number of hydrogen-bond acceptors (Lipinski definition) is 7. The van der Waals surface area contributed by atoms with Crippen molar-refractivity contribution in [2.75, 3.05) is 39.3 Å². The standard InChI is InChI=1S/C23H24N4O4S3/c1-17-19-16-20(33-22(19)27(24-17)18-6-3-2-4-7-18)23(28)31-14-13-25-9-11-26(12-10-25)34(29,30)21-8-5-15-32-21/h2-8,15-16H,9-14H2,1H3/p+1. The van der Waals surface area contributed by atoms with Gasteiger partial charge in [0.25, 0.3) is 10.0 Å². The molecular weight excluding hydrogens is 492 g/mol. The van der Waals surface area contributed by atoms with Crippen molar-refractivity contribution in [3.05, 3.63) is 64.5 Å². The minimum absolute atomic E-state index is 0.296. The van der Waals surface area contributed by atoms with E-state index in [1.165, 1.54) is 27.6 Å². The predicted octanol–water partition coefficient (Wildman–Crippen LogP) is 2.20. The van der Waals surface area contributed by atoms with Crippen molar-refractivity contribution in [2.45, 2.75) is 11.1 Å². The van der Waals surface area contributed by atoms with Gasteiger partial charge < -0.3 is 9.64 Å². The van der Waals surface area contributed by atoms with E-state index >= 15 is 0 Å². The molecule has 1 aliphatic heterocycles. The van der Waals surface area contributed by atoms with Gasteiger partial charge in [-0.1, -0.05) is 24.3 Å².